The first-order valence-corrected chi connectivity index (χ1v) is 8.08. The van der Waals surface area contributed by atoms with Gasteiger partial charge in [-0.25, -0.2) is 4.79 Å². The van der Waals surface area contributed by atoms with Crippen molar-refractivity contribution in [3.8, 4) is 0 Å². The third kappa shape index (κ3) is 3.00. The highest BCUT2D eigenvalue weighted by atomic mass is 32.2. The van der Waals surface area contributed by atoms with Crippen LogP contribution in [0.1, 0.15) is 37.0 Å². The maximum atomic E-state index is 12.2. The number of furan rings is 1. The summed E-state index contributed by atoms with van der Waals surface area (Å²) in [6, 6.07) is 9.79. The molecule has 0 aliphatic carbocycles. The molecule has 7 heteroatoms. The molecular weight excluding hydrogens is 318 g/mol. The smallest absolute Gasteiger partial charge is 0.371 e. The van der Waals surface area contributed by atoms with Crippen LogP contribution in [0, 0.1) is 0 Å². The van der Waals surface area contributed by atoms with Crippen molar-refractivity contribution in [3.05, 3.63) is 59.0 Å². The molecule has 0 radical (unpaired) electrons. The van der Waals surface area contributed by atoms with Gasteiger partial charge in [0, 0.05) is 12.3 Å². The summed E-state index contributed by atoms with van der Waals surface area (Å²) in [6.07, 6.45) is 0. The number of carbonyl (C=O) groups is 3. The van der Waals surface area contributed by atoms with E-state index >= 15 is 0 Å². The molecule has 1 aromatic carbocycles. The van der Waals surface area contributed by atoms with E-state index < -0.39 is 5.97 Å². The van der Waals surface area contributed by atoms with Crippen molar-refractivity contribution in [1.29, 1.82) is 0 Å². The third-order valence-corrected chi connectivity index (χ3v) is 4.41. The number of hydrogen-bond acceptors (Lipinski definition) is 5. The zero-order valence-corrected chi connectivity index (χ0v) is 12.8. The Bertz CT molecular complexity index is 747. The molecule has 23 heavy (non-hydrogen) atoms. The molecule has 0 spiro atoms. The molecule has 1 aliphatic heterocycles. The van der Waals surface area contributed by atoms with Crippen LogP contribution in [0.4, 0.5) is 0 Å². The summed E-state index contributed by atoms with van der Waals surface area (Å²) in [5.74, 6) is -0.150. The second kappa shape index (κ2) is 6.29. The van der Waals surface area contributed by atoms with E-state index in [2.05, 4.69) is 0 Å². The van der Waals surface area contributed by atoms with E-state index in [9.17, 15) is 14.4 Å². The van der Waals surface area contributed by atoms with E-state index in [0.717, 1.165) is 0 Å². The normalized spacial score (nSPS) is 13.5. The van der Waals surface area contributed by atoms with Gasteiger partial charge in [0.1, 0.15) is 5.76 Å². The average molecular weight is 331 g/mol. The lowest BCUT2D eigenvalue weighted by Crippen LogP contribution is -2.31. The number of carbonyl (C=O) groups excluding carboxylic acids is 2. The Hall–Kier alpha value is -2.54. The van der Waals surface area contributed by atoms with Gasteiger partial charge in [0.05, 0.1) is 16.9 Å². The lowest BCUT2D eigenvalue weighted by atomic mass is 10.1. The average Bonchev–Trinajstić information content (AvgIpc) is 3.11. The van der Waals surface area contributed by atoms with Crippen LogP contribution in [0.2, 0.25) is 0 Å². The fraction of sp³-hybridized carbons (Fsp3) is 0.188. The SMILES string of the molecule is O=C(O)c1ccc(CSCCN2C(=O)c3ccccc3C2=O)o1. The van der Waals surface area contributed by atoms with Gasteiger partial charge in [-0.3, -0.25) is 14.5 Å². The van der Waals surface area contributed by atoms with Gasteiger partial charge >= 0.3 is 5.97 Å². The Morgan fingerprint density at radius 1 is 1.09 bits per heavy atom. The van der Waals surface area contributed by atoms with Crippen LogP contribution < -0.4 is 0 Å². The van der Waals surface area contributed by atoms with Crippen molar-refractivity contribution in [2.45, 2.75) is 5.75 Å². The number of imide groups is 1. The Kier molecular flexibility index (Phi) is 4.20. The van der Waals surface area contributed by atoms with E-state index in [0.29, 0.717) is 34.9 Å². The van der Waals surface area contributed by atoms with Gasteiger partial charge in [0.15, 0.2) is 0 Å². The van der Waals surface area contributed by atoms with Crippen molar-refractivity contribution in [2.75, 3.05) is 12.3 Å². The highest BCUT2D eigenvalue weighted by Gasteiger charge is 2.34. The molecule has 1 aromatic heterocycles. The maximum Gasteiger partial charge on any atom is 0.371 e. The first-order valence-electron chi connectivity index (χ1n) is 6.93. The number of nitrogens with zero attached hydrogens (tertiary/aromatic N) is 1. The van der Waals surface area contributed by atoms with E-state index in [1.54, 1.807) is 30.3 Å². The second-order valence-corrected chi connectivity index (χ2v) is 6.04. The number of aromatic carboxylic acids is 1. The first-order chi connectivity index (χ1) is 11.1. The fourth-order valence-electron chi connectivity index (χ4n) is 2.34. The quantitative estimate of drug-likeness (QED) is 0.646. The number of amides is 2. The second-order valence-electron chi connectivity index (χ2n) is 4.93. The summed E-state index contributed by atoms with van der Waals surface area (Å²) in [7, 11) is 0. The Labute approximate surface area is 136 Å². The van der Waals surface area contributed by atoms with Crippen LogP contribution in [0.3, 0.4) is 0 Å². The predicted octanol–water partition coefficient (Wildman–Crippen LogP) is 2.51. The zero-order chi connectivity index (χ0) is 16.4. The number of thioether (sulfide) groups is 1. The summed E-state index contributed by atoms with van der Waals surface area (Å²) in [4.78, 5) is 36.3. The minimum atomic E-state index is -1.10. The van der Waals surface area contributed by atoms with Crippen molar-refractivity contribution >= 4 is 29.5 Å². The van der Waals surface area contributed by atoms with Crippen molar-refractivity contribution < 1.29 is 23.9 Å². The minimum absolute atomic E-state index is 0.0963. The van der Waals surface area contributed by atoms with Crippen LogP contribution in [0.25, 0.3) is 0 Å². The lowest BCUT2D eigenvalue weighted by molar-refractivity contribution is 0.0649. The zero-order valence-electron chi connectivity index (χ0n) is 12.0. The van der Waals surface area contributed by atoms with E-state index in [1.165, 1.54) is 22.7 Å². The van der Waals surface area contributed by atoms with Gasteiger partial charge < -0.3 is 9.52 Å². The molecule has 0 bridgehead atoms. The summed E-state index contributed by atoms with van der Waals surface area (Å²) in [5.41, 5.74) is 0.888. The van der Waals surface area contributed by atoms with Gasteiger partial charge in [-0.2, -0.15) is 11.8 Å². The maximum absolute atomic E-state index is 12.2. The van der Waals surface area contributed by atoms with Crippen LogP contribution in [-0.2, 0) is 5.75 Å². The Balaban J connectivity index is 1.52. The molecule has 1 N–H and O–H groups in total. The highest BCUT2D eigenvalue weighted by molar-refractivity contribution is 7.98. The van der Waals surface area contributed by atoms with Gasteiger partial charge in [0.25, 0.3) is 11.8 Å². The van der Waals surface area contributed by atoms with E-state index in [4.69, 9.17) is 9.52 Å². The molecular formula is C16H13NO5S. The molecule has 0 saturated carbocycles. The Morgan fingerprint density at radius 3 is 2.30 bits per heavy atom. The molecule has 0 fully saturated rings. The third-order valence-electron chi connectivity index (χ3n) is 3.45. The van der Waals surface area contributed by atoms with Gasteiger partial charge in [-0.15, -0.1) is 0 Å². The largest absolute Gasteiger partial charge is 0.475 e. The molecule has 118 valence electrons. The standard InChI is InChI=1S/C16H13NO5S/c18-14-11-3-1-2-4-12(11)15(19)17(14)7-8-23-9-10-5-6-13(22-10)16(20)21/h1-6H,7-9H2,(H,20,21). The van der Waals surface area contributed by atoms with Gasteiger partial charge in [-0.05, 0) is 24.3 Å². The molecule has 0 atom stereocenters. The first kappa shape index (κ1) is 15.4. The number of carboxylic acid groups (broad SMARTS) is 1. The number of benzene rings is 1. The molecule has 0 unspecified atom stereocenters. The van der Waals surface area contributed by atoms with Crippen LogP contribution in [0.15, 0.2) is 40.8 Å². The predicted molar refractivity (Wildman–Crippen MR) is 83.6 cm³/mol. The molecule has 0 saturated heterocycles. The lowest BCUT2D eigenvalue weighted by Gasteiger charge is -2.12. The van der Waals surface area contributed by atoms with Crippen LogP contribution in [0.5, 0.6) is 0 Å². The summed E-state index contributed by atoms with van der Waals surface area (Å²) in [6.45, 7) is 0.309. The monoisotopic (exact) mass is 331 g/mol. The van der Waals surface area contributed by atoms with Crippen LogP contribution in [-0.4, -0.2) is 40.1 Å². The molecule has 2 amide bonds. The number of carboxylic acids is 1. The Morgan fingerprint density at radius 2 is 1.74 bits per heavy atom. The topological polar surface area (TPSA) is 87.8 Å². The summed E-state index contributed by atoms with van der Waals surface area (Å²) >= 11 is 1.47. The molecule has 3 rings (SSSR count). The molecule has 2 aromatic rings. The van der Waals surface area contributed by atoms with E-state index in [1.807, 2.05) is 0 Å². The molecule has 6 nitrogen and oxygen atoms in total. The minimum Gasteiger partial charge on any atom is -0.475 e. The van der Waals surface area contributed by atoms with Gasteiger partial charge in [0.2, 0.25) is 5.76 Å². The number of hydrogen-bond donors (Lipinski definition) is 1. The summed E-state index contributed by atoms with van der Waals surface area (Å²) < 4.78 is 5.14. The van der Waals surface area contributed by atoms with Crippen LogP contribution >= 0.6 is 11.8 Å². The van der Waals surface area contributed by atoms with Crippen molar-refractivity contribution in [1.82, 2.24) is 4.90 Å². The molecule has 2 heterocycles. The fourth-order valence-corrected chi connectivity index (χ4v) is 3.15. The number of rotatable bonds is 6. The summed E-state index contributed by atoms with van der Waals surface area (Å²) in [5, 5.41) is 8.78. The van der Waals surface area contributed by atoms with Crippen molar-refractivity contribution in [2.24, 2.45) is 0 Å². The van der Waals surface area contributed by atoms with E-state index in [-0.39, 0.29) is 17.6 Å². The highest BCUT2D eigenvalue weighted by Crippen LogP contribution is 2.23. The number of fused-ring (bicyclic) bond motifs is 1. The van der Waals surface area contributed by atoms with Gasteiger partial charge in [-0.1, -0.05) is 12.1 Å². The molecule has 1 aliphatic rings. The van der Waals surface area contributed by atoms with Crippen molar-refractivity contribution in [3.63, 3.8) is 0 Å².